The first-order valence-electron chi connectivity index (χ1n) is 9.74. The van der Waals surface area contributed by atoms with Crippen LogP contribution in [0.3, 0.4) is 0 Å². The van der Waals surface area contributed by atoms with Crippen LogP contribution in [0.5, 0.6) is 0 Å². The maximum Gasteiger partial charge on any atom is 0.105 e. The largest absolute Gasteiger partial charge is 0.397 e. The van der Waals surface area contributed by atoms with Crippen LogP contribution in [0.1, 0.15) is 46.2 Å². The lowest BCUT2D eigenvalue weighted by molar-refractivity contribution is 0.0981. The van der Waals surface area contributed by atoms with Gasteiger partial charge in [0.2, 0.25) is 0 Å². The Morgan fingerprint density at radius 3 is 2.32 bits per heavy atom. The van der Waals surface area contributed by atoms with Gasteiger partial charge in [-0.3, -0.25) is 4.98 Å². The molecule has 1 saturated heterocycles. The molecular formula is C22H32N6. The van der Waals surface area contributed by atoms with Crippen molar-refractivity contribution >= 4 is 16.7 Å². The molecule has 5 N–H and O–H groups in total. The van der Waals surface area contributed by atoms with Crippen LogP contribution < -0.4 is 16.8 Å². The van der Waals surface area contributed by atoms with Crippen LogP contribution in [-0.4, -0.2) is 39.0 Å². The number of nitrogens with one attached hydrogen (secondary N) is 1. The highest BCUT2D eigenvalue weighted by Crippen LogP contribution is 2.31. The van der Waals surface area contributed by atoms with Crippen LogP contribution in [0.25, 0.3) is 16.7 Å². The number of allylic oxidation sites excluding steroid dienone is 2. The van der Waals surface area contributed by atoms with E-state index in [9.17, 15) is 0 Å². The maximum atomic E-state index is 6.37. The Kier molecular flexibility index (Phi) is 5.35. The molecule has 0 aliphatic carbocycles. The molecule has 1 aromatic heterocycles. The van der Waals surface area contributed by atoms with Gasteiger partial charge in [0.1, 0.15) is 5.69 Å². The summed E-state index contributed by atoms with van der Waals surface area (Å²) in [6.45, 7) is 8.96. The lowest BCUT2D eigenvalue weighted by atomic mass is 9.79. The summed E-state index contributed by atoms with van der Waals surface area (Å²) < 4.78 is 0. The number of fused-ring (bicyclic) bond motifs is 1. The summed E-state index contributed by atoms with van der Waals surface area (Å²) in [5, 5.41) is 3.71. The molecule has 0 amide bonds. The van der Waals surface area contributed by atoms with Crippen molar-refractivity contribution in [3.8, 4) is 0 Å². The number of para-hydroxylation sites is 2. The molecule has 2 aromatic rings. The molecule has 6 nitrogen and oxygen atoms in total. The number of nitrogens with two attached hydrogens (primary N) is 2. The first-order valence-corrected chi connectivity index (χ1v) is 9.74. The third-order valence-corrected chi connectivity index (χ3v) is 5.30. The van der Waals surface area contributed by atoms with Gasteiger partial charge in [0, 0.05) is 24.2 Å². The smallest absolute Gasteiger partial charge is 0.105 e. The third-order valence-electron chi connectivity index (χ3n) is 5.30. The van der Waals surface area contributed by atoms with Gasteiger partial charge in [0.15, 0.2) is 0 Å². The van der Waals surface area contributed by atoms with Crippen molar-refractivity contribution in [2.45, 2.75) is 57.7 Å². The number of hydrogen-bond donors (Lipinski definition) is 3. The minimum atomic E-state index is 0.0660. The number of aromatic nitrogens is 2. The predicted molar refractivity (Wildman–Crippen MR) is 116 cm³/mol. The Hall–Kier alpha value is -2.60. The average Bonchev–Trinajstić information content (AvgIpc) is 2.62. The molecule has 150 valence electrons. The van der Waals surface area contributed by atoms with Crippen LogP contribution in [0, 0.1) is 0 Å². The molecule has 0 unspecified atom stereocenters. The number of rotatable bonds is 4. The van der Waals surface area contributed by atoms with Crippen molar-refractivity contribution in [1.29, 1.82) is 0 Å². The Balaban J connectivity index is 1.77. The lowest BCUT2D eigenvalue weighted by Crippen LogP contribution is -2.61. The van der Waals surface area contributed by atoms with Crippen molar-refractivity contribution in [2.24, 2.45) is 11.5 Å². The molecule has 0 bridgehead atoms. The molecule has 0 spiro atoms. The molecule has 28 heavy (non-hydrogen) atoms. The van der Waals surface area contributed by atoms with E-state index in [1.807, 2.05) is 43.5 Å². The van der Waals surface area contributed by atoms with Gasteiger partial charge in [-0.05, 0) is 64.8 Å². The molecule has 0 atom stereocenters. The Bertz CT molecular complexity index is 896. The second kappa shape index (κ2) is 7.43. The van der Waals surface area contributed by atoms with E-state index in [0.29, 0.717) is 23.3 Å². The Morgan fingerprint density at radius 2 is 1.68 bits per heavy atom. The van der Waals surface area contributed by atoms with Gasteiger partial charge < -0.3 is 21.7 Å². The summed E-state index contributed by atoms with van der Waals surface area (Å²) in [5.74, 6) is 0.690. The molecular weight excluding hydrogens is 348 g/mol. The normalized spacial score (nSPS) is 20.3. The zero-order valence-corrected chi connectivity index (χ0v) is 17.5. The van der Waals surface area contributed by atoms with Gasteiger partial charge in [-0.2, -0.15) is 0 Å². The van der Waals surface area contributed by atoms with Crippen molar-refractivity contribution < 1.29 is 0 Å². The molecule has 6 heteroatoms. The molecule has 0 radical (unpaired) electrons. The fraction of sp³-hybridized carbons (Fsp3) is 0.455. The number of hydrogen-bond acceptors (Lipinski definition) is 6. The zero-order chi connectivity index (χ0) is 20.5. The highest BCUT2D eigenvalue weighted by Gasteiger charge is 2.39. The van der Waals surface area contributed by atoms with Crippen LogP contribution >= 0.6 is 0 Å². The van der Waals surface area contributed by atoms with Crippen molar-refractivity contribution in [1.82, 2.24) is 20.2 Å². The SMILES string of the molecule is CN(/C(N)=C/C=C(\N)c1cnc2ccccc2n1)C1CC(C)(C)NC(C)(C)C1. The number of nitrogens with zero attached hydrogens (tertiary/aromatic N) is 3. The van der Waals surface area contributed by atoms with Crippen molar-refractivity contribution in [3.63, 3.8) is 0 Å². The Labute approximate surface area is 167 Å². The number of benzene rings is 1. The highest BCUT2D eigenvalue weighted by atomic mass is 15.2. The van der Waals surface area contributed by atoms with E-state index in [4.69, 9.17) is 11.5 Å². The molecule has 3 rings (SSSR count). The molecule has 1 aliphatic rings. The molecule has 1 fully saturated rings. The monoisotopic (exact) mass is 380 g/mol. The summed E-state index contributed by atoms with van der Waals surface area (Å²) in [7, 11) is 2.05. The van der Waals surface area contributed by atoms with E-state index >= 15 is 0 Å². The maximum absolute atomic E-state index is 6.37. The van der Waals surface area contributed by atoms with Gasteiger partial charge in [-0.25, -0.2) is 4.98 Å². The van der Waals surface area contributed by atoms with Crippen molar-refractivity contribution in [3.05, 3.63) is 54.1 Å². The summed E-state index contributed by atoms with van der Waals surface area (Å²) in [6.07, 6.45) is 7.41. The summed E-state index contributed by atoms with van der Waals surface area (Å²) in [5.41, 5.74) is 15.6. The minimum Gasteiger partial charge on any atom is -0.397 e. The van der Waals surface area contributed by atoms with Crippen LogP contribution in [-0.2, 0) is 0 Å². The summed E-state index contributed by atoms with van der Waals surface area (Å²) in [6, 6.07) is 8.10. The fourth-order valence-corrected chi connectivity index (χ4v) is 4.23. The quantitative estimate of drug-likeness (QED) is 0.706. The van der Waals surface area contributed by atoms with Gasteiger partial charge >= 0.3 is 0 Å². The highest BCUT2D eigenvalue weighted by molar-refractivity contribution is 5.76. The zero-order valence-electron chi connectivity index (χ0n) is 17.5. The average molecular weight is 381 g/mol. The fourth-order valence-electron chi connectivity index (χ4n) is 4.23. The summed E-state index contributed by atoms with van der Waals surface area (Å²) >= 11 is 0. The van der Waals surface area contributed by atoms with E-state index in [2.05, 4.69) is 47.9 Å². The second-order valence-electron chi connectivity index (χ2n) is 9.02. The third kappa shape index (κ3) is 4.62. The van der Waals surface area contributed by atoms with E-state index in [1.54, 1.807) is 6.20 Å². The van der Waals surface area contributed by atoms with Crippen LogP contribution in [0.2, 0.25) is 0 Å². The summed E-state index contributed by atoms with van der Waals surface area (Å²) in [4.78, 5) is 11.1. The molecule has 1 aliphatic heterocycles. The van der Waals surface area contributed by atoms with E-state index in [1.165, 1.54) is 0 Å². The minimum absolute atomic E-state index is 0.0660. The predicted octanol–water partition coefficient (Wildman–Crippen LogP) is 2.97. The van der Waals surface area contributed by atoms with E-state index in [-0.39, 0.29) is 11.1 Å². The molecule has 1 aromatic carbocycles. The topological polar surface area (TPSA) is 93.1 Å². The van der Waals surface area contributed by atoms with Crippen molar-refractivity contribution in [2.75, 3.05) is 7.05 Å². The second-order valence-corrected chi connectivity index (χ2v) is 9.02. The first kappa shape index (κ1) is 20.1. The van der Waals surface area contributed by atoms with Gasteiger partial charge in [0.25, 0.3) is 0 Å². The van der Waals surface area contributed by atoms with Crippen LogP contribution in [0.15, 0.2) is 48.4 Å². The molecule has 2 heterocycles. The first-order chi connectivity index (χ1) is 13.1. The van der Waals surface area contributed by atoms with Gasteiger partial charge in [0.05, 0.1) is 28.7 Å². The van der Waals surface area contributed by atoms with E-state index in [0.717, 1.165) is 23.9 Å². The standard InChI is InChI=1S/C22H32N6/c1-21(2)12-15(13-22(3,4)27-21)28(5)20(24)11-10-16(23)19-14-25-17-8-6-7-9-18(17)26-19/h6-11,14-15,27H,12-13,23-24H2,1-5H3/b16-10-,20-11+. The lowest BCUT2D eigenvalue weighted by Gasteiger charge is -2.49. The molecule has 0 saturated carbocycles. The van der Waals surface area contributed by atoms with Gasteiger partial charge in [-0.15, -0.1) is 0 Å². The Morgan fingerprint density at radius 1 is 1.07 bits per heavy atom. The van der Waals surface area contributed by atoms with Gasteiger partial charge in [-0.1, -0.05) is 12.1 Å². The number of piperidine rings is 1. The van der Waals surface area contributed by atoms with Crippen LogP contribution in [0.4, 0.5) is 0 Å². The van der Waals surface area contributed by atoms with E-state index < -0.39 is 0 Å².